The molecule has 2 aromatic carbocycles. The van der Waals surface area contributed by atoms with Crippen molar-refractivity contribution in [3.63, 3.8) is 0 Å². The van der Waals surface area contributed by atoms with Gasteiger partial charge in [0.1, 0.15) is 11.4 Å². The number of aromatic nitrogens is 3. The number of nitrogens with one attached hydrogen (secondary N) is 1. The van der Waals surface area contributed by atoms with Gasteiger partial charge in [-0.25, -0.2) is 8.42 Å². The largest absolute Gasteiger partial charge is 0.497 e. The molecule has 1 aliphatic rings. The summed E-state index contributed by atoms with van der Waals surface area (Å²) >= 11 is 0. The Labute approximate surface area is 248 Å². The maximum atomic E-state index is 13.6. The zero-order chi connectivity index (χ0) is 30.5. The summed E-state index contributed by atoms with van der Waals surface area (Å²) in [6, 6.07) is 10.8. The highest BCUT2D eigenvalue weighted by Gasteiger charge is 2.39. The smallest absolute Gasteiger partial charge is 0.312 e. The predicted molar refractivity (Wildman–Crippen MR) is 161 cm³/mol. The Morgan fingerprint density at radius 3 is 2.55 bits per heavy atom. The number of aliphatic carboxylic acids is 1. The number of carbonyl (C=O) groups is 1. The first-order valence-corrected chi connectivity index (χ1v) is 16.1. The van der Waals surface area contributed by atoms with E-state index in [2.05, 4.69) is 15.0 Å². The number of rotatable bonds is 13. The third kappa shape index (κ3) is 7.49. The molecule has 3 aromatic rings. The number of ether oxygens (including phenoxy) is 2. The quantitative estimate of drug-likeness (QED) is 0.246. The summed E-state index contributed by atoms with van der Waals surface area (Å²) in [7, 11) is -2.20. The fourth-order valence-corrected chi connectivity index (χ4v) is 6.81. The standard InChI is InChI=1S/C31H42N4O6S/c1-6-35-18-25(32-34-35)19-41-29(31(3,4)30(36)37)23-13-12-21(2)24(16-23)20-42(38,39)33-28-15-14-26(40-5)17-27(28)22-10-8-7-9-11-22/h12-18,22,29,33H,6-11,19-20H2,1-5H3,(H,36,37). The summed E-state index contributed by atoms with van der Waals surface area (Å²) in [5.74, 6) is -0.331. The number of benzene rings is 2. The Balaban J connectivity index is 1.60. The van der Waals surface area contributed by atoms with Gasteiger partial charge in [-0.15, -0.1) is 5.10 Å². The van der Waals surface area contributed by atoms with Gasteiger partial charge >= 0.3 is 5.97 Å². The van der Waals surface area contributed by atoms with Gasteiger partial charge in [0.25, 0.3) is 0 Å². The Kier molecular flexibility index (Phi) is 9.93. The molecule has 0 saturated heterocycles. The van der Waals surface area contributed by atoms with Gasteiger partial charge in [0.2, 0.25) is 10.0 Å². The monoisotopic (exact) mass is 598 g/mol. The van der Waals surface area contributed by atoms with Crippen molar-refractivity contribution >= 4 is 21.7 Å². The number of carboxylic acids is 1. The number of hydrogen-bond acceptors (Lipinski definition) is 7. The first-order valence-electron chi connectivity index (χ1n) is 14.5. The molecule has 0 aliphatic heterocycles. The minimum Gasteiger partial charge on any atom is -0.497 e. The summed E-state index contributed by atoms with van der Waals surface area (Å²) in [6.45, 7) is 7.69. The summed E-state index contributed by atoms with van der Waals surface area (Å²) < 4.78 is 43.2. The molecule has 42 heavy (non-hydrogen) atoms. The molecule has 0 amide bonds. The second-order valence-electron chi connectivity index (χ2n) is 11.6. The van der Waals surface area contributed by atoms with Crippen molar-refractivity contribution < 1.29 is 27.8 Å². The third-order valence-corrected chi connectivity index (χ3v) is 9.33. The van der Waals surface area contributed by atoms with Crippen LogP contribution in [0, 0.1) is 12.3 Å². The Morgan fingerprint density at radius 1 is 1.17 bits per heavy atom. The number of sulfonamides is 1. The Morgan fingerprint density at radius 2 is 1.90 bits per heavy atom. The highest BCUT2D eigenvalue weighted by molar-refractivity contribution is 7.91. The average molecular weight is 599 g/mol. The van der Waals surface area contributed by atoms with Gasteiger partial charge in [0.15, 0.2) is 0 Å². The Hall–Kier alpha value is -3.44. The molecule has 1 aromatic heterocycles. The average Bonchev–Trinajstić information content (AvgIpc) is 3.43. The van der Waals surface area contributed by atoms with Gasteiger partial charge in [-0.3, -0.25) is 14.2 Å². The van der Waals surface area contributed by atoms with Crippen LogP contribution in [0.1, 0.15) is 92.8 Å². The van der Waals surface area contributed by atoms with E-state index in [-0.39, 0.29) is 18.3 Å². The molecule has 11 heteroatoms. The number of aryl methyl sites for hydroxylation is 2. The predicted octanol–water partition coefficient (Wildman–Crippen LogP) is 5.97. The highest BCUT2D eigenvalue weighted by Crippen LogP contribution is 2.40. The second kappa shape index (κ2) is 13.2. The minimum atomic E-state index is -3.81. The van der Waals surface area contributed by atoms with Crippen LogP contribution in [0.5, 0.6) is 5.75 Å². The molecule has 1 heterocycles. The molecule has 4 rings (SSSR count). The van der Waals surface area contributed by atoms with Crippen LogP contribution in [-0.4, -0.2) is 41.6 Å². The van der Waals surface area contributed by atoms with E-state index in [1.54, 1.807) is 56.1 Å². The van der Waals surface area contributed by atoms with Gasteiger partial charge in [0, 0.05) is 6.54 Å². The molecule has 0 spiro atoms. The molecule has 1 atom stereocenters. The van der Waals surface area contributed by atoms with E-state index >= 15 is 0 Å². The molecule has 2 N–H and O–H groups in total. The van der Waals surface area contributed by atoms with E-state index in [1.807, 2.05) is 26.0 Å². The maximum Gasteiger partial charge on any atom is 0.312 e. The summed E-state index contributed by atoms with van der Waals surface area (Å²) in [5, 5.41) is 18.1. The summed E-state index contributed by atoms with van der Waals surface area (Å²) in [4.78, 5) is 12.3. The zero-order valence-corrected chi connectivity index (χ0v) is 25.9. The molecular weight excluding hydrogens is 556 g/mol. The van der Waals surface area contributed by atoms with Gasteiger partial charge < -0.3 is 14.6 Å². The zero-order valence-electron chi connectivity index (χ0n) is 25.1. The van der Waals surface area contributed by atoms with E-state index < -0.39 is 27.5 Å². The molecule has 228 valence electrons. The van der Waals surface area contributed by atoms with Crippen molar-refractivity contribution in [1.29, 1.82) is 0 Å². The van der Waals surface area contributed by atoms with Crippen molar-refractivity contribution in [3.8, 4) is 5.75 Å². The van der Waals surface area contributed by atoms with E-state index in [0.717, 1.165) is 36.8 Å². The van der Waals surface area contributed by atoms with E-state index in [9.17, 15) is 18.3 Å². The number of anilines is 1. The lowest BCUT2D eigenvalue weighted by Gasteiger charge is -2.31. The number of methoxy groups -OCH3 is 1. The van der Waals surface area contributed by atoms with Crippen molar-refractivity contribution in [1.82, 2.24) is 15.0 Å². The first kappa shape index (κ1) is 31.5. The summed E-state index contributed by atoms with van der Waals surface area (Å²) in [6.07, 6.45) is 6.34. The molecule has 1 unspecified atom stereocenters. The van der Waals surface area contributed by atoms with Crippen molar-refractivity contribution in [3.05, 3.63) is 70.5 Å². The van der Waals surface area contributed by atoms with Crippen LogP contribution in [0.2, 0.25) is 0 Å². The van der Waals surface area contributed by atoms with Crippen LogP contribution in [0.4, 0.5) is 5.69 Å². The molecule has 1 saturated carbocycles. The molecule has 0 bridgehead atoms. The van der Waals surface area contributed by atoms with E-state index in [1.165, 1.54) is 6.42 Å². The van der Waals surface area contributed by atoms with Crippen molar-refractivity contribution in [2.75, 3.05) is 11.8 Å². The van der Waals surface area contributed by atoms with Crippen LogP contribution in [0.15, 0.2) is 42.6 Å². The number of hydrogen-bond donors (Lipinski definition) is 2. The lowest BCUT2D eigenvalue weighted by Crippen LogP contribution is -2.33. The fraction of sp³-hybridized carbons (Fsp3) is 0.516. The minimum absolute atomic E-state index is 0.0614. The maximum absolute atomic E-state index is 13.6. The lowest BCUT2D eigenvalue weighted by atomic mass is 9.82. The number of nitrogens with zero attached hydrogens (tertiary/aromatic N) is 3. The van der Waals surface area contributed by atoms with Gasteiger partial charge in [-0.05, 0) is 86.9 Å². The van der Waals surface area contributed by atoms with Gasteiger partial charge in [-0.2, -0.15) is 0 Å². The molecule has 1 fully saturated rings. The normalized spacial score (nSPS) is 15.4. The SMILES string of the molecule is CCn1cc(COC(c2ccc(C)c(CS(=O)(=O)Nc3ccc(OC)cc3C3CCCCC3)c2)C(C)(C)C(=O)O)nn1. The van der Waals surface area contributed by atoms with Crippen LogP contribution in [0.25, 0.3) is 0 Å². The number of carboxylic acid groups (broad SMARTS) is 1. The van der Waals surface area contributed by atoms with Crippen molar-refractivity contribution in [2.24, 2.45) is 5.41 Å². The molecule has 0 radical (unpaired) electrons. The molecule has 10 nitrogen and oxygen atoms in total. The van der Waals surface area contributed by atoms with Crippen LogP contribution in [-0.2, 0) is 38.5 Å². The van der Waals surface area contributed by atoms with Crippen molar-refractivity contribution in [2.45, 2.75) is 90.7 Å². The fourth-order valence-electron chi connectivity index (χ4n) is 5.49. The topological polar surface area (TPSA) is 133 Å². The van der Waals surface area contributed by atoms with E-state index in [4.69, 9.17) is 9.47 Å². The third-order valence-electron chi connectivity index (χ3n) is 8.11. The second-order valence-corrected chi connectivity index (χ2v) is 13.3. The lowest BCUT2D eigenvalue weighted by molar-refractivity contribution is -0.158. The van der Waals surface area contributed by atoms with Crippen LogP contribution >= 0.6 is 0 Å². The van der Waals surface area contributed by atoms with Crippen LogP contribution < -0.4 is 9.46 Å². The van der Waals surface area contributed by atoms with E-state index in [0.29, 0.717) is 34.8 Å². The van der Waals surface area contributed by atoms with Gasteiger partial charge in [0.05, 0.1) is 42.9 Å². The molecular formula is C31H42N4O6S. The van der Waals surface area contributed by atoms with Gasteiger partial charge in [-0.1, -0.05) is 42.7 Å². The Bertz CT molecular complexity index is 1490. The molecule has 1 aliphatic carbocycles. The summed E-state index contributed by atoms with van der Waals surface area (Å²) in [5.41, 5.74) is 2.74. The first-order chi connectivity index (χ1) is 19.9. The van der Waals surface area contributed by atoms with Crippen LogP contribution in [0.3, 0.4) is 0 Å². The highest BCUT2D eigenvalue weighted by atomic mass is 32.2.